The molecule has 0 aliphatic heterocycles. The van der Waals surface area contributed by atoms with Crippen LogP contribution in [0.5, 0.6) is 0 Å². The average molecular weight is 389 g/mol. The first-order valence-corrected chi connectivity index (χ1v) is 9.30. The summed E-state index contributed by atoms with van der Waals surface area (Å²) in [7, 11) is 1.68. The van der Waals surface area contributed by atoms with Crippen molar-refractivity contribution in [2.24, 2.45) is 7.05 Å². The zero-order valence-electron chi connectivity index (χ0n) is 15.9. The summed E-state index contributed by atoms with van der Waals surface area (Å²) < 4.78 is 14.7. The number of nitrogens with zero attached hydrogens (tertiary/aromatic N) is 1. The number of halogens is 1. The highest BCUT2D eigenvalue weighted by Crippen LogP contribution is 2.20. The van der Waals surface area contributed by atoms with Gasteiger partial charge in [0, 0.05) is 12.6 Å². The van der Waals surface area contributed by atoms with E-state index in [2.05, 4.69) is 10.3 Å². The van der Waals surface area contributed by atoms with Gasteiger partial charge in [-0.05, 0) is 47.9 Å². The molecule has 0 aliphatic rings. The van der Waals surface area contributed by atoms with Crippen LogP contribution in [0.2, 0.25) is 0 Å². The van der Waals surface area contributed by atoms with E-state index in [9.17, 15) is 14.0 Å². The number of imidazole rings is 1. The second kappa shape index (κ2) is 7.75. The van der Waals surface area contributed by atoms with Gasteiger partial charge in [-0.1, -0.05) is 42.5 Å². The van der Waals surface area contributed by atoms with Crippen molar-refractivity contribution >= 4 is 16.9 Å². The number of aromatic amines is 1. The van der Waals surface area contributed by atoms with Crippen LogP contribution in [-0.4, -0.2) is 15.5 Å². The second-order valence-corrected chi connectivity index (χ2v) is 6.99. The van der Waals surface area contributed by atoms with Crippen molar-refractivity contribution in [3.63, 3.8) is 0 Å². The largest absolute Gasteiger partial charge is 0.345 e. The topological polar surface area (TPSA) is 66.9 Å². The van der Waals surface area contributed by atoms with E-state index in [0.717, 1.165) is 16.6 Å². The number of aryl methyl sites for hydroxylation is 1. The molecule has 2 N–H and O–H groups in total. The Balaban J connectivity index is 1.62. The standard InChI is InChI=1S/C23H20FN3O2/c1-27-21-12-9-17(14-20(21)26-23(27)29)22(28)25-19(16-5-3-2-4-6-16)13-15-7-10-18(24)11-8-15/h2-12,14,19H,13H2,1H3,(H,25,28)(H,26,29). The monoisotopic (exact) mass is 389 g/mol. The molecule has 0 spiro atoms. The molecule has 1 unspecified atom stereocenters. The minimum atomic E-state index is -0.292. The number of hydrogen-bond acceptors (Lipinski definition) is 2. The van der Waals surface area contributed by atoms with Gasteiger partial charge < -0.3 is 10.3 Å². The Morgan fingerprint density at radius 1 is 1.07 bits per heavy atom. The predicted octanol–water partition coefficient (Wildman–Crippen LogP) is 3.72. The van der Waals surface area contributed by atoms with E-state index in [1.54, 1.807) is 37.4 Å². The summed E-state index contributed by atoms with van der Waals surface area (Å²) in [4.78, 5) is 27.5. The molecule has 4 rings (SSSR count). The minimum absolute atomic E-state index is 0.226. The van der Waals surface area contributed by atoms with Gasteiger partial charge in [-0.25, -0.2) is 9.18 Å². The molecule has 1 atom stereocenters. The maximum Gasteiger partial charge on any atom is 0.326 e. The number of H-pyrrole nitrogens is 1. The SMILES string of the molecule is Cn1c(=O)[nH]c2cc(C(=O)NC(Cc3ccc(F)cc3)c3ccccc3)ccc21. The van der Waals surface area contributed by atoms with E-state index in [1.807, 2.05) is 30.3 Å². The van der Waals surface area contributed by atoms with Gasteiger partial charge in [0.25, 0.3) is 5.91 Å². The van der Waals surface area contributed by atoms with Crippen LogP contribution in [0.1, 0.15) is 27.5 Å². The average Bonchev–Trinajstić information content (AvgIpc) is 3.03. The molecule has 3 aromatic carbocycles. The lowest BCUT2D eigenvalue weighted by Crippen LogP contribution is -2.30. The summed E-state index contributed by atoms with van der Waals surface area (Å²) in [6.45, 7) is 0. The van der Waals surface area contributed by atoms with Crippen LogP contribution in [-0.2, 0) is 13.5 Å². The van der Waals surface area contributed by atoms with Gasteiger partial charge in [-0.3, -0.25) is 9.36 Å². The Hall–Kier alpha value is -3.67. The first kappa shape index (κ1) is 18.7. The number of hydrogen-bond donors (Lipinski definition) is 2. The molecule has 0 bridgehead atoms. The molecule has 0 saturated heterocycles. The molecule has 0 radical (unpaired) electrons. The van der Waals surface area contributed by atoms with Crippen LogP contribution >= 0.6 is 0 Å². The third kappa shape index (κ3) is 3.96. The summed E-state index contributed by atoms with van der Waals surface area (Å²) in [6, 6.07) is 20.8. The number of benzene rings is 3. The quantitative estimate of drug-likeness (QED) is 0.546. The molecule has 0 saturated carbocycles. The maximum atomic E-state index is 13.2. The highest BCUT2D eigenvalue weighted by molar-refractivity contribution is 5.97. The molecule has 6 heteroatoms. The normalized spacial score (nSPS) is 12.1. The molecule has 1 heterocycles. The number of carbonyl (C=O) groups is 1. The minimum Gasteiger partial charge on any atom is -0.345 e. The van der Waals surface area contributed by atoms with E-state index in [4.69, 9.17) is 0 Å². The van der Waals surface area contributed by atoms with Crippen molar-refractivity contribution in [2.75, 3.05) is 0 Å². The summed E-state index contributed by atoms with van der Waals surface area (Å²) >= 11 is 0. The van der Waals surface area contributed by atoms with Crippen molar-refractivity contribution in [3.8, 4) is 0 Å². The van der Waals surface area contributed by atoms with E-state index >= 15 is 0 Å². The van der Waals surface area contributed by atoms with Crippen molar-refractivity contribution in [1.82, 2.24) is 14.9 Å². The van der Waals surface area contributed by atoms with E-state index in [-0.39, 0.29) is 23.5 Å². The number of carbonyl (C=O) groups excluding carboxylic acids is 1. The first-order valence-electron chi connectivity index (χ1n) is 9.30. The Morgan fingerprint density at radius 2 is 1.79 bits per heavy atom. The van der Waals surface area contributed by atoms with Crippen LogP contribution in [0.25, 0.3) is 11.0 Å². The molecular formula is C23H20FN3O2. The van der Waals surface area contributed by atoms with Crippen molar-refractivity contribution < 1.29 is 9.18 Å². The molecule has 4 aromatic rings. The van der Waals surface area contributed by atoms with Crippen LogP contribution in [0.4, 0.5) is 4.39 Å². The molecule has 5 nitrogen and oxygen atoms in total. The van der Waals surface area contributed by atoms with Crippen molar-refractivity contribution in [3.05, 3.63) is 106 Å². The molecule has 146 valence electrons. The molecule has 0 aliphatic carbocycles. The van der Waals surface area contributed by atoms with Crippen LogP contribution in [0.3, 0.4) is 0 Å². The fraction of sp³-hybridized carbons (Fsp3) is 0.130. The van der Waals surface area contributed by atoms with Gasteiger partial charge in [-0.15, -0.1) is 0 Å². The van der Waals surface area contributed by atoms with Crippen LogP contribution < -0.4 is 11.0 Å². The number of amides is 1. The molecule has 1 aromatic heterocycles. The van der Waals surface area contributed by atoms with Gasteiger partial charge in [-0.2, -0.15) is 0 Å². The van der Waals surface area contributed by atoms with Gasteiger partial charge in [0.05, 0.1) is 17.1 Å². The Kier molecular flexibility index (Phi) is 4.99. The second-order valence-electron chi connectivity index (χ2n) is 6.99. The highest BCUT2D eigenvalue weighted by Gasteiger charge is 2.17. The zero-order chi connectivity index (χ0) is 20.4. The third-order valence-electron chi connectivity index (χ3n) is 5.03. The lowest BCUT2D eigenvalue weighted by molar-refractivity contribution is 0.0936. The van der Waals surface area contributed by atoms with E-state index in [1.165, 1.54) is 16.7 Å². The zero-order valence-corrected chi connectivity index (χ0v) is 15.9. The van der Waals surface area contributed by atoms with Gasteiger partial charge in [0.1, 0.15) is 5.82 Å². The molecule has 0 fully saturated rings. The summed E-state index contributed by atoms with van der Waals surface area (Å²) in [6.07, 6.45) is 0.528. The number of fused-ring (bicyclic) bond motifs is 1. The molecular weight excluding hydrogens is 369 g/mol. The van der Waals surface area contributed by atoms with E-state index < -0.39 is 0 Å². The lowest BCUT2D eigenvalue weighted by atomic mass is 9.98. The fourth-order valence-corrected chi connectivity index (χ4v) is 3.41. The van der Waals surface area contributed by atoms with Crippen molar-refractivity contribution in [2.45, 2.75) is 12.5 Å². The summed E-state index contributed by atoms with van der Waals surface area (Å²) in [5.41, 5.74) is 3.45. The van der Waals surface area contributed by atoms with Gasteiger partial charge in [0.15, 0.2) is 0 Å². The van der Waals surface area contributed by atoms with Crippen LogP contribution in [0, 0.1) is 5.82 Å². The fourth-order valence-electron chi connectivity index (χ4n) is 3.41. The Morgan fingerprint density at radius 3 is 2.52 bits per heavy atom. The number of aromatic nitrogens is 2. The summed E-state index contributed by atoms with van der Waals surface area (Å²) in [5.74, 6) is -0.535. The number of rotatable bonds is 5. The molecule has 29 heavy (non-hydrogen) atoms. The summed E-state index contributed by atoms with van der Waals surface area (Å²) in [5, 5.41) is 3.07. The first-order chi connectivity index (χ1) is 14.0. The smallest absolute Gasteiger partial charge is 0.326 e. The molecule has 1 amide bonds. The Labute approximate surface area is 166 Å². The highest BCUT2D eigenvalue weighted by atomic mass is 19.1. The van der Waals surface area contributed by atoms with Gasteiger partial charge in [0.2, 0.25) is 0 Å². The van der Waals surface area contributed by atoms with Gasteiger partial charge >= 0.3 is 5.69 Å². The Bertz CT molecular complexity index is 1210. The lowest BCUT2D eigenvalue weighted by Gasteiger charge is -2.20. The third-order valence-corrected chi connectivity index (χ3v) is 5.03. The number of nitrogens with one attached hydrogen (secondary N) is 2. The van der Waals surface area contributed by atoms with E-state index in [0.29, 0.717) is 17.5 Å². The maximum absolute atomic E-state index is 13.2. The van der Waals surface area contributed by atoms with Crippen molar-refractivity contribution in [1.29, 1.82) is 0 Å². The predicted molar refractivity (Wildman–Crippen MR) is 110 cm³/mol. The van der Waals surface area contributed by atoms with Crippen LogP contribution in [0.15, 0.2) is 77.6 Å².